The van der Waals surface area contributed by atoms with Crippen LogP contribution in [-0.4, -0.2) is 21.5 Å². The topological polar surface area (TPSA) is 88.8 Å². The molecule has 1 heterocycles. The number of rotatable bonds is 3. The van der Waals surface area contributed by atoms with Crippen LogP contribution in [0.2, 0.25) is 0 Å². The molecule has 0 radical (unpaired) electrons. The zero-order valence-electron chi connectivity index (χ0n) is 16.7. The Bertz CT molecular complexity index is 780. The number of fused-ring (bicyclic) bond motifs is 1. The van der Waals surface area contributed by atoms with E-state index >= 15 is 0 Å². The van der Waals surface area contributed by atoms with Crippen molar-refractivity contribution < 1.29 is 9.59 Å². The lowest BCUT2D eigenvalue weighted by Gasteiger charge is -2.23. The van der Waals surface area contributed by atoms with Crippen molar-refractivity contribution in [3.63, 3.8) is 0 Å². The number of nitrogens with one attached hydrogen (secondary N) is 1. The van der Waals surface area contributed by atoms with Gasteiger partial charge in [0.15, 0.2) is 5.95 Å². The van der Waals surface area contributed by atoms with Crippen molar-refractivity contribution in [2.24, 2.45) is 5.41 Å². The Labute approximate surface area is 150 Å². The summed E-state index contributed by atoms with van der Waals surface area (Å²) < 4.78 is 0. The Morgan fingerprint density at radius 2 is 1.72 bits per heavy atom. The van der Waals surface area contributed by atoms with E-state index in [9.17, 15) is 9.59 Å². The first-order valence-corrected chi connectivity index (χ1v) is 8.61. The van der Waals surface area contributed by atoms with Crippen LogP contribution in [-0.2, 0) is 15.0 Å². The van der Waals surface area contributed by atoms with Crippen LogP contribution in [0, 0.1) is 12.3 Å². The molecule has 0 unspecified atom stereocenters. The maximum Gasteiger partial charge on any atom is 0.198 e. The Morgan fingerprint density at radius 1 is 1.16 bits per heavy atom. The quantitative estimate of drug-likeness (QED) is 0.866. The number of aromatic nitrogens is 2. The van der Waals surface area contributed by atoms with Gasteiger partial charge in [-0.1, -0.05) is 27.7 Å². The summed E-state index contributed by atoms with van der Waals surface area (Å²) in [5.74, 6) is 0.873. The lowest BCUT2D eigenvalue weighted by Crippen LogP contribution is -2.27. The molecule has 138 valence electrons. The average molecular weight is 345 g/mol. The van der Waals surface area contributed by atoms with Gasteiger partial charge in [0, 0.05) is 17.3 Å². The molecule has 0 spiro atoms. The molecule has 0 aliphatic heterocycles. The van der Waals surface area contributed by atoms with Crippen LogP contribution in [0.5, 0.6) is 0 Å². The molecule has 0 aliphatic carbocycles. The number of Topliss-reactive ketones (excluding diaryl/α,β-unsaturated/α-hetero) is 2. The molecule has 0 fully saturated rings. The van der Waals surface area contributed by atoms with E-state index in [2.05, 4.69) is 9.97 Å². The standard InChI is InChI=1S/C13H17N3O.C7H14O/c1-7-5-10-11(16-12(14)15-10)6-9(7)13(3,4)8(2)17;1-5-6(8)7(2,3)4/h5-6H,1-4H3,(H3,14,15,16);5H2,1-4H3. The number of benzene rings is 1. The highest BCUT2D eigenvalue weighted by atomic mass is 16.1. The number of nitrogens with zero attached hydrogens (tertiary/aromatic N) is 1. The number of hydrogen-bond acceptors (Lipinski definition) is 4. The lowest BCUT2D eigenvalue weighted by molar-refractivity contribution is -0.126. The molecular weight excluding hydrogens is 314 g/mol. The van der Waals surface area contributed by atoms with Gasteiger partial charge in [0.1, 0.15) is 11.6 Å². The van der Waals surface area contributed by atoms with Crippen LogP contribution in [0.3, 0.4) is 0 Å². The fourth-order valence-electron chi connectivity index (χ4n) is 2.58. The van der Waals surface area contributed by atoms with Crippen molar-refractivity contribution in [3.05, 3.63) is 23.3 Å². The summed E-state index contributed by atoms with van der Waals surface area (Å²) in [6, 6.07) is 3.93. The molecule has 0 atom stereocenters. The minimum atomic E-state index is -0.494. The van der Waals surface area contributed by atoms with Crippen molar-refractivity contribution in [2.75, 3.05) is 5.73 Å². The van der Waals surface area contributed by atoms with E-state index in [4.69, 9.17) is 5.73 Å². The Kier molecular flexibility index (Phi) is 6.16. The second-order valence-electron chi connectivity index (χ2n) is 8.01. The molecular formula is C20H31N3O2. The molecule has 0 amide bonds. The van der Waals surface area contributed by atoms with Gasteiger partial charge < -0.3 is 10.7 Å². The molecule has 0 aliphatic rings. The third-order valence-electron chi connectivity index (χ3n) is 4.56. The first-order chi connectivity index (χ1) is 11.3. The van der Waals surface area contributed by atoms with Gasteiger partial charge in [-0.3, -0.25) is 9.59 Å². The number of carbonyl (C=O) groups is 2. The van der Waals surface area contributed by atoms with Gasteiger partial charge in [0.2, 0.25) is 0 Å². The predicted octanol–water partition coefficient (Wildman–Crippen LogP) is 4.33. The summed E-state index contributed by atoms with van der Waals surface area (Å²) >= 11 is 0. The average Bonchev–Trinajstić information content (AvgIpc) is 2.83. The van der Waals surface area contributed by atoms with E-state index in [1.54, 1.807) is 6.92 Å². The van der Waals surface area contributed by atoms with Gasteiger partial charge in [-0.25, -0.2) is 4.98 Å². The molecule has 25 heavy (non-hydrogen) atoms. The number of nitrogens with two attached hydrogens (primary N) is 1. The van der Waals surface area contributed by atoms with Crippen LogP contribution >= 0.6 is 0 Å². The maximum absolute atomic E-state index is 11.7. The molecule has 2 aromatic rings. The SMILES string of the molecule is CC(=O)C(C)(C)c1cc2nc(N)[nH]c2cc1C.CCC(=O)C(C)(C)C. The number of carbonyl (C=O) groups excluding carboxylic acids is 2. The van der Waals surface area contributed by atoms with E-state index in [0.717, 1.165) is 22.2 Å². The van der Waals surface area contributed by atoms with Crippen molar-refractivity contribution in [2.45, 2.75) is 67.2 Å². The van der Waals surface area contributed by atoms with Crippen LogP contribution in [0.1, 0.15) is 66.0 Å². The fraction of sp³-hybridized carbons (Fsp3) is 0.550. The van der Waals surface area contributed by atoms with Gasteiger partial charge in [0.25, 0.3) is 0 Å². The second-order valence-corrected chi connectivity index (χ2v) is 8.01. The molecule has 5 heteroatoms. The number of imidazole rings is 1. The smallest absolute Gasteiger partial charge is 0.198 e. The van der Waals surface area contributed by atoms with E-state index in [1.807, 2.05) is 60.6 Å². The Balaban J connectivity index is 0.000000333. The molecule has 0 saturated heterocycles. The number of aromatic amines is 1. The zero-order valence-corrected chi connectivity index (χ0v) is 16.7. The molecule has 0 saturated carbocycles. The normalized spacial score (nSPS) is 11.8. The third-order valence-corrected chi connectivity index (χ3v) is 4.56. The highest BCUT2D eigenvalue weighted by Crippen LogP contribution is 2.30. The summed E-state index contributed by atoms with van der Waals surface area (Å²) in [6.07, 6.45) is 0.656. The summed E-state index contributed by atoms with van der Waals surface area (Å²) in [5, 5.41) is 0. The van der Waals surface area contributed by atoms with Gasteiger partial charge in [-0.05, 0) is 51.0 Å². The van der Waals surface area contributed by atoms with Gasteiger partial charge >= 0.3 is 0 Å². The van der Waals surface area contributed by atoms with Crippen molar-refractivity contribution in [3.8, 4) is 0 Å². The van der Waals surface area contributed by atoms with E-state index in [0.29, 0.717) is 18.2 Å². The summed E-state index contributed by atoms with van der Waals surface area (Å²) in [4.78, 5) is 29.7. The highest BCUT2D eigenvalue weighted by molar-refractivity contribution is 5.89. The molecule has 0 bridgehead atoms. The molecule has 5 nitrogen and oxygen atoms in total. The monoisotopic (exact) mass is 345 g/mol. The summed E-state index contributed by atoms with van der Waals surface area (Å²) in [5.41, 5.74) is 8.78. The van der Waals surface area contributed by atoms with Crippen molar-refractivity contribution >= 4 is 28.5 Å². The maximum atomic E-state index is 11.7. The first kappa shape index (κ1) is 20.9. The van der Waals surface area contributed by atoms with Gasteiger partial charge in [-0.2, -0.15) is 0 Å². The largest absolute Gasteiger partial charge is 0.369 e. The Morgan fingerprint density at radius 3 is 2.12 bits per heavy atom. The van der Waals surface area contributed by atoms with Crippen molar-refractivity contribution in [1.82, 2.24) is 9.97 Å². The summed E-state index contributed by atoms with van der Waals surface area (Å²) in [7, 11) is 0. The van der Waals surface area contributed by atoms with Crippen LogP contribution < -0.4 is 5.73 Å². The minimum Gasteiger partial charge on any atom is -0.369 e. The number of anilines is 1. The number of aryl methyl sites for hydroxylation is 1. The first-order valence-electron chi connectivity index (χ1n) is 8.61. The van der Waals surface area contributed by atoms with Gasteiger partial charge in [-0.15, -0.1) is 0 Å². The van der Waals surface area contributed by atoms with Crippen LogP contribution in [0.4, 0.5) is 5.95 Å². The number of ketones is 2. The number of hydrogen-bond donors (Lipinski definition) is 2. The molecule has 3 N–H and O–H groups in total. The highest BCUT2D eigenvalue weighted by Gasteiger charge is 2.28. The van der Waals surface area contributed by atoms with Crippen LogP contribution in [0.15, 0.2) is 12.1 Å². The third kappa shape index (κ3) is 4.91. The van der Waals surface area contributed by atoms with E-state index in [1.165, 1.54) is 0 Å². The van der Waals surface area contributed by atoms with Gasteiger partial charge in [0.05, 0.1) is 11.0 Å². The molecule has 2 rings (SSSR count). The van der Waals surface area contributed by atoms with Crippen molar-refractivity contribution in [1.29, 1.82) is 0 Å². The number of nitrogen functional groups attached to an aromatic ring is 1. The zero-order chi connectivity index (χ0) is 19.6. The predicted molar refractivity (Wildman–Crippen MR) is 104 cm³/mol. The Hall–Kier alpha value is -2.17. The van der Waals surface area contributed by atoms with E-state index in [-0.39, 0.29) is 11.2 Å². The molecule has 1 aromatic heterocycles. The lowest BCUT2D eigenvalue weighted by atomic mass is 9.79. The number of H-pyrrole nitrogens is 1. The van der Waals surface area contributed by atoms with E-state index < -0.39 is 5.41 Å². The summed E-state index contributed by atoms with van der Waals surface area (Å²) in [6.45, 7) is 15.2. The molecule has 1 aromatic carbocycles. The minimum absolute atomic E-state index is 0.130. The second kappa shape index (κ2) is 7.38. The fourth-order valence-corrected chi connectivity index (χ4v) is 2.58. The van der Waals surface area contributed by atoms with Crippen LogP contribution in [0.25, 0.3) is 11.0 Å².